The molecule has 4 rings (SSSR count). The number of aromatic nitrogens is 3. The molecule has 0 radical (unpaired) electrons. The number of amides is 1. The Balaban J connectivity index is 1.43. The third-order valence-electron chi connectivity index (χ3n) is 5.03. The number of halogens is 3. The van der Waals surface area contributed by atoms with E-state index in [9.17, 15) is 18.0 Å². The number of morpholine rings is 1. The molecule has 1 aromatic carbocycles. The highest BCUT2D eigenvalue weighted by atomic mass is 19.4. The largest absolute Gasteiger partial charge is 0.416 e. The molecule has 2 aromatic heterocycles. The van der Waals surface area contributed by atoms with Crippen molar-refractivity contribution in [1.29, 1.82) is 0 Å². The predicted octanol–water partition coefficient (Wildman–Crippen LogP) is 4.15. The molecule has 1 N–H and O–H groups in total. The molecule has 1 aliphatic heterocycles. The van der Waals surface area contributed by atoms with Crippen LogP contribution in [0.3, 0.4) is 0 Å². The van der Waals surface area contributed by atoms with Gasteiger partial charge in [0.1, 0.15) is 5.82 Å². The van der Waals surface area contributed by atoms with Gasteiger partial charge in [0.05, 0.1) is 47.1 Å². The summed E-state index contributed by atoms with van der Waals surface area (Å²) in [5, 5.41) is 6.73. The summed E-state index contributed by atoms with van der Waals surface area (Å²) in [6.07, 6.45) is 0.0553. The molecular weight excluding hydrogens is 423 g/mol. The number of ether oxygens (including phenoxy) is 1. The second-order valence-electron chi connectivity index (χ2n) is 7.74. The number of carbonyl (C=O) groups is 1. The van der Waals surface area contributed by atoms with Crippen molar-refractivity contribution in [3.8, 4) is 5.69 Å². The van der Waals surface area contributed by atoms with E-state index in [4.69, 9.17) is 4.74 Å². The van der Waals surface area contributed by atoms with E-state index in [0.29, 0.717) is 11.3 Å². The van der Waals surface area contributed by atoms with Crippen molar-refractivity contribution in [1.82, 2.24) is 14.8 Å². The second-order valence-corrected chi connectivity index (χ2v) is 7.74. The number of alkyl halides is 3. The number of nitrogens with one attached hydrogen (secondary N) is 1. The third-order valence-corrected chi connectivity index (χ3v) is 5.03. The molecule has 0 spiro atoms. The minimum atomic E-state index is -4.45. The zero-order valence-corrected chi connectivity index (χ0v) is 17.5. The van der Waals surface area contributed by atoms with E-state index >= 15 is 0 Å². The molecule has 3 aromatic rings. The van der Waals surface area contributed by atoms with Crippen molar-refractivity contribution in [2.24, 2.45) is 0 Å². The topological polar surface area (TPSA) is 72.3 Å². The maximum atomic E-state index is 12.9. The van der Waals surface area contributed by atoms with Crippen LogP contribution in [0, 0.1) is 0 Å². The van der Waals surface area contributed by atoms with Gasteiger partial charge < -0.3 is 15.0 Å². The van der Waals surface area contributed by atoms with Crippen LogP contribution in [0.15, 0.2) is 55.0 Å². The summed E-state index contributed by atoms with van der Waals surface area (Å²) in [7, 11) is 0. The van der Waals surface area contributed by atoms with E-state index in [-0.39, 0.29) is 17.9 Å². The lowest BCUT2D eigenvalue weighted by molar-refractivity contribution is -0.137. The standard InChI is InChI=1S/C22H22F3N5O2/c1-14-11-29(12-15(2)32-14)20-7-6-16(9-26-20)21(31)28-18-10-27-30(13-18)19-5-3-4-17(8-19)22(23,24)25/h3-10,13-15H,11-12H2,1-2H3,(H,28,31). The molecule has 168 valence electrons. The van der Waals surface area contributed by atoms with Crippen LogP contribution < -0.4 is 10.2 Å². The summed E-state index contributed by atoms with van der Waals surface area (Å²) < 4.78 is 45.8. The number of rotatable bonds is 4. The van der Waals surface area contributed by atoms with Crippen molar-refractivity contribution >= 4 is 17.4 Å². The first-order valence-electron chi connectivity index (χ1n) is 10.1. The molecule has 1 amide bonds. The molecule has 1 fully saturated rings. The smallest absolute Gasteiger partial charge is 0.372 e. The van der Waals surface area contributed by atoms with E-state index in [2.05, 4.69) is 20.3 Å². The molecule has 0 bridgehead atoms. The Hall–Kier alpha value is -3.40. The van der Waals surface area contributed by atoms with Gasteiger partial charge in [0.2, 0.25) is 0 Å². The van der Waals surface area contributed by atoms with Gasteiger partial charge in [-0.3, -0.25) is 4.79 Å². The van der Waals surface area contributed by atoms with Gasteiger partial charge in [-0.25, -0.2) is 9.67 Å². The number of benzene rings is 1. The minimum Gasteiger partial charge on any atom is -0.372 e. The fourth-order valence-electron chi connectivity index (χ4n) is 3.63. The van der Waals surface area contributed by atoms with Gasteiger partial charge in [-0.2, -0.15) is 18.3 Å². The molecule has 2 unspecified atom stereocenters. The first-order valence-corrected chi connectivity index (χ1v) is 10.1. The van der Waals surface area contributed by atoms with Gasteiger partial charge in [0, 0.05) is 19.3 Å². The Kier molecular flexibility index (Phi) is 5.88. The Morgan fingerprint density at radius 3 is 2.53 bits per heavy atom. The van der Waals surface area contributed by atoms with Crippen LogP contribution in [-0.2, 0) is 10.9 Å². The lowest BCUT2D eigenvalue weighted by Crippen LogP contribution is -2.45. The number of hydrogen-bond donors (Lipinski definition) is 1. The molecular formula is C22H22F3N5O2. The van der Waals surface area contributed by atoms with Gasteiger partial charge >= 0.3 is 6.18 Å². The molecule has 0 saturated carbocycles. The number of hydrogen-bond acceptors (Lipinski definition) is 5. The van der Waals surface area contributed by atoms with Gasteiger partial charge in [0.15, 0.2) is 0 Å². The Labute approximate surface area is 182 Å². The molecule has 1 aliphatic rings. The molecule has 2 atom stereocenters. The van der Waals surface area contributed by atoms with Crippen LogP contribution >= 0.6 is 0 Å². The van der Waals surface area contributed by atoms with E-state index in [1.165, 1.54) is 35.4 Å². The summed E-state index contributed by atoms with van der Waals surface area (Å²) in [5.41, 5.74) is 0.175. The SMILES string of the molecule is CC1CN(c2ccc(C(=O)Nc3cnn(-c4cccc(C(F)(F)F)c4)c3)cn2)CC(C)O1. The van der Waals surface area contributed by atoms with Crippen molar-refractivity contribution < 1.29 is 22.7 Å². The average Bonchev–Trinajstić information content (AvgIpc) is 3.21. The summed E-state index contributed by atoms with van der Waals surface area (Å²) in [6, 6.07) is 8.26. The van der Waals surface area contributed by atoms with Crippen LogP contribution in [0.4, 0.5) is 24.7 Å². The Morgan fingerprint density at radius 2 is 1.88 bits per heavy atom. The lowest BCUT2D eigenvalue weighted by atomic mass is 10.2. The van der Waals surface area contributed by atoms with Crippen molar-refractivity contribution in [2.45, 2.75) is 32.2 Å². The lowest BCUT2D eigenvalue weighted by Gasteiger charge is -2.36. The highest BCUT2D eigenvalue weighted by Gasteiger charge is 2.30. The Bertz CT molecular complexity index is 1090. The first kappa shape index (κ1) is 21.8. The molecule has 1 saturated heterocycles. The quantitative estimate of drug-likeness (QED) is 0.653. The summed E-state index contributed by atoms with van der Waals surface area (Å²) in [4.78, 5) is 19.1. The highest BCUT2D eigenvalue weighted by Crippen LogP contribution is 2.30. The minimum absolute atomic E-state index is 0.0943. The van der Waals surface area contributed by atoms with E-state index in [1.54, 1.807) is 12.1 Å². The zero-order valence-electron chi connectivity index (χ0n) is 17.5. The van der Waals surface area contributed by atoms with E-state index in [0.717, 1.165) is 31.0 Å². The van der Waals surface area contributed by atoms with Crippen molar-refractivity contribution in [3.63, 3.8) is 0 Å². The van der Waals surface area contributed by atoms with E-state index < -0.39 is 17.6 Å². The van der Waals surface area contributed by atoms with Crippen molar-refractivity contribution in [2.75, 3.05) is 23.3 Å². The molecule has 10 heteroatoms. The van der Waals surface area contributed by atoms with Gasteiger partial charge in [-0.15, -0.1) is 0 Å². The third kappa shape index (κ3) is 4.91. The number of nitrogens with zero attached hydrogens (tertiary/aromatic N) is 4. The number of carbonyl (C=O) groups excluding carboxylic acids is 1. The highest BCUT2D eigenvalue weighted by molar-refractivity contribution is 6.04. The van der Waals surface area contributed by atoms with Crippen LogP contribution in [-0.4, -0.2) is 46.0 Å². The summed E-state index contributed by atoms with van der Waals surface area (Å²) >= 11 is 0. The maximum absolute atomic E-state index is 12.9. The van der Waals surface area contributed by atoms with Crippen LogP contribution in [0.2, 0.25) is 0 Å². The fourth-order valence-corrected chi connectivity index (χ4v) is 3.63. The van der Waals surface area contributed by atoms with E-state index in [1.807, 2.05) is 13.8 Å². The van der Waals surface area contributed by atoms with Crippen LogP contribution in [0.1, 0.15) is 29.8 Å². The second kappa shape index (κ2) is 8.62. The fraction of sp³-hybridized carbons (Fsp3) is 0.318. The molecule has 7 nitrogen and oxygen atoms in total. The normalized spacial score (nSPS) is 19.1. The van der Waals surface area contributed by atoms with Crippen LogP contribution in [0.25, 0.3) is 5.69 Å². The first-order chi connectivity index (χ1) is 15.2. The number of anilines is 2. The van der Waals surface area contributed by atoms with Gasteiger partial charge in [0.25, 0.3) is 5.91 Å². The number of pyridine rings is 1. The summed E-state index contributed by atoms with van der Waals surface area (Å²) in [6.45, 7) is 5.45. The van der Waals surface area contributed by atoms with Crippen molar-refractivity contribution in [3.05, 3.63) is 66.1 Å². The van der Waals surface area contributed by atoms with Gasteiger partial charge in [-0.1, -0.05) is 6.07 Å². The molecule has 32 heavy (non-hydrogen) atoms. The average molecular weight is 445 g/mol. The van der Waals surface area contributed by atoms with Gasteiger partial charge in [-0.05, 0) is 44.2 Å². The monoisotopic (exact) mass is 445 g/mol. The molecule has 0 aliphatic carbocycles. The molecule has 3 heterocycles. The zero-order chi connectivity index (χ0) is 22.9. The summed E-state index contributed by atoms with van der Waals surface area (Å²) in [5.74, 6) is 0.372. The van der Waals surface area contributed by atoms with Crippen LogP contribution in [0.5, 0.6) is 0 Å². The Morgan fingerprint density at radius 1 is 1.12 bits per heavy atom. The maximum Gasteiger partial charge on any atom is 0.416 e. The predicted molar refractivity (Wildman–Crippen MR) is 113 cm³/mol.